The Kier molecular flexibility index (Phi) is 5.14. The van der Waals surface area contributed by atoms with E-state index in [1.165, 1.54) is 0 Å². The first-order chi connectivity index (χ1) is 8.61. The van der Waals surface area contributed by atoms with Crippen molar-refractivity contribution in [2.75, 3.05) is 0 Å². The van der Waals surface area contributed by atoms with E-state index in [2.05, 4.69) is 38.9 Å². The fourth-order valence-electron chi connectivity index (χ4n) is 2.14. The highest BCUT2D eigenvalue weighted by Gasteiger charge is 2.27. The molecule has 1 rings (SSSR count). The van der Waals surface area contributed by atoms with Crippen LogP contribution in [0, 0.1) is 0 Å². The zero-order valence-electron chi connectivity index (χ0n) is 11.8. The van der Waals surface area contributed by atoms with E-state index in [9.17, 15) is 0 Å². The van der Waals surface area contributed by atoms with Crippen molar-refractivity contribution < 1.29 is 0 Å². The number of H-pyrrole nitrogens is 1. The molecule has 0 saturated heterocycles. The van der Waals surface area contributed by atoms with Crippen molar-refractivity contribution in [2.45, 2.75) is 45.4 Å². The molecule has 0 spiro atoms. The first-order valence-electron chi connectivity index (χ1n) is 6.63. The summed E-state index contributed by atoms with van der Waals surface area (Å²) in [4.78, 5) is 8.12. The Balaban J connectivity index is 3.17. The molecule has 0 bridgehead atoms. The number of nitrogens with one attached hydrogen (secondary N) is 1. The topological polar surface area (TPSA) is 28.7 Å². The number of nitrogens with zero attached hydrogens (tertiary/aromatic N) is 1. The number of hydrogen-bond donors (Lipinski definition) is 1. The third kappa shape index (κ3) is 3.00. The highest BCUT2D eigenvalue weighted by atomic mass is 15.0. The highest BCUT2D eigenvalue weighted by molar-refractivity contribution is 5.60. The Morgan fingerprint density at radius 1 is 1.33 bits per heavy atom. The molecule has 2 heteroatoms. The second-order valence-electron chi connectivity index (χ2n) is 4.85. The fraction of sp³-hybridized carbons (Fsp3) is 0.438. The largest absolute Gasteiger partial charge is 0.342 e. The molecular weight excluding hydrogens is 220 g/mol. The monoisotopic (exact) mass is 244 g/mol. The van der Waals surface area contributed by atoms with Crippen molar-refractivity contribution in [1.82, 2.24) is 9.97 Å². The molecule has 1 atom stereocenters. The van der Waals surface area contributed by atoms with Crippen LogP contribution in [-0.4, -0.2) is 9.97 Å². The van der Waals surface area contributed by atoms with E-state index in [0.717, 1.165) is 36.5 Å². The molecule has 1 unspecified atom stereocenters. The van der Waals surface area contributed by atoms with Crippen LogP contribution < -0.4 is 0 Å². The number of allylic oxidation sites excluding steroid dienone is 2. The maximum atomic E-state index is 4.72. The van der Waals surface area contributed by atoms with Gasteiger partial charge in [-0.25, -0.2) is 4.98 Å². The van der Waals surface area contributed by atoms with Gasteiger partial charge in [-0.2, -0.15) is 0 Å². The van der Waals surface area contributed by atoms with Crippen molar-refractivity contribution in [3.8, 4) is 0 Å². The van der Waals surface area contributed by atoms with Gasteiger partial charge >= 0.3 is 0 Å². The second-order valence-corrected chi connectivity index (χ2v) is 4.85. The predicted octanol–water partition coefficient (Wildman–Crippen LogP) is 4.72. The van der Waals surface area contributed by atoms with Gasteiger partial charge in [-0.3, -0.25) is 0 Å². The Morgan fingerprint density at radius 2 is 2.06 bits per heavy atom. The van der Waals surface area contributed by atoms with Crippen LogP contribution in [0.25, 0.3) is 12.2 Å². The van der Waals surface area contributed by atoms with Crippen molar-refractivity contribution in [3.05, 3.63) is 42.5 Å². The normalized spacial score (nSPS) is 14.6. The lowest BCUT2D eigenvalue weighted by molar-refractivity contribution is 0.392. The van der Waals surface area contributed by atoms with E-state index in [1.54, 1.807) is 6.08 Å². The molecule has 0 fully saturated rings. The fourth-order valence-corrected chi connectivity index (χ4v) is 2.14. The summed E-state index contributed by atoms with van der Waals surface area (Å²) in [5.74, 6) is 1.06. The number of rotatable bonds is 7. The van der Waals surface area contributed by atoms with Crippen LogP contribution in [0.5, 0.6) is 0 Å². The first-order valence-corrected chi connectivity index (χ1v) is 6.63. The van der Waals surface area contributed by atoms with Crippen molar-refractivity contribution in [2.24, 2.45) is 0 Å². The van der Waals surface area contributed by atoms with Crippen LogP contribution in [0.3, 0.4) is 0 Å². The van der Waals surface area contributed by atoms with Gasteiger partial charge in [-0.15, -0.1) is 0 Å². The summed E-state index contributed by atoms with van der Waals surface area (Å²) in [6, 6.07) is 0. The summed E-state index contributed by atoms with van der Waals surface area (Å²) < 4.78 is 0. The summed E-state index contributed by atoms with van der Waals surface area (Å²) in [5, 5.41) is 0. The van der Waals surface area contributed by atoms with Gasteiger partial charge in [0.2, 0.25) is 0 Å². The lowest BCUT2D eigenvalue weighted by atomic mass is 9.82. The molecular formula is C16H24N2. The average molecular weight is 244 g/mol. The molecule has 0 aliphatic carbocycles. The van der Waals surface area contributed by atoms with E-state index < -0.39 is 0 Å². The average Bonchev–Trinajstić information content (AvgIpc) is 2.80. The molecule has 1 N–H and O–H groups in total. The van der Waals surface area contributed by atoms with Crippen LogP contribution in [0.1, 0.15) is 57.2 Å². The minimum Gasteiger partial charge on any atom is -0.342 e. The number of aromatic amines is 1. The van der Waals surface area contributed by atoms with E-state index in [0.29, 0.717) is 0 Å². The molecule has 0 aliphatic heterocycles. The van der Waals surface area contributed by atoms with Gasteiger partial charge < -0.3 is 4.98 Å². The molecule has 0 aliphatic rings. The van der Waals surface area contributed by atoms with E-state index in [1.807, 2.05) is 18.2 Å². The van der Waals surface area contributed by atoms with Crippen LogP contribution in [0.2, 0.25) is 0 Å². The quantitative estimate of drug-likeness (QED) is 0.691. The number of imidazole rings is 1. The predicted molar refractivity (Wildman–Crippen MR) is 80.5 cm³/mol. The Bertz CT molecular complexity index is 440. The molecule has 0 saturated carbocycles. The first kappa shape index (κ1) is 14.5. The summed E-state index contributed by atoms with van der Waals surface area (Å²) >= 11 is 0. The molecule has 98 valence electrons. The molecule has 0 aromatic carbocycles. The van der Waals surface area contributed by atoms with Crippen molar-refractivity contribution in [1.29, 1.82) is 0 Å². The molecule has 1 aromatic rings. The van der Waals surface area contributed by atoms with E-state index in [-0.39, 0.29) is 5.41 Å². The standard InChI is InChI=1S/C16H24N2/c1-6-10-11-14-13(8-3)17-15(18-14)16(5,9-4)12-7-2/h6,8,10-11H,1,3,7,9,12H2,2,4-5H3,(H,17,18)/b11-10-. The third-order valence-corrected chi connectivity index (χ3v) is 3.51. The van der Waals surface area contributed by atoms with Crippen LogP contribution in [0.4, 0.5) is 0 Å². The zero-order valence-corrected chi connectivity index (χ0v) is 11.8. The molecule has 1 aromatic heterocycles. The summed E-state index contributed by atoms with van der Waals surface area (Å²) in [5.41, 5.74) is 2.04. The van der Waals surface area contributed by atoms with Crippen molar-refractivity contribution >= 4 is 12.2 Å². The summed E-state index contributed by atoms with van der Waals surface area (Å²) in [7, 11) is 0. The summed E-state index contributed by atoms with van der Waals surface area (Å²) in [6.45, 7) is 14.2. The Morgan fingerprint density at radius 3 is 2.56 bits per heavy atom. The van der Waals surface area contributed by atoms with Crippen LogP contribution in [0.15, 0.2) is 25.3 Å². The van der Waals surface area contributed by atoms with Gasteiger partial charge in [0.25, 0.3) is 0 Å². The third-order valence-electron chi connectivity index (χ3n) is 3.51. The Labute approximate surface area is 111 Å². The lowest BCUT2D eigenvalue weighted by Crippen LogP contribution is -2.22. The molecule has 18 heavy (non-hydrogen) atoms. The molecule has 0 radical (unpaired) electrons. The van der Waals surface area contributed by atoms with Gasteiger partial charge in [0, 0.05) is 5.41 Å². The maximum Gasteiger partial charge on any atom is 0.113 e. The number of aromatic nitrogens is 2. The SMILES string of the molecule is C=C/C=C\c1nc(C(C)(CC)CCC)[nH]c1C=C. The van der Waals surface area contributed by atoms with Gasteiger partial charge in [0.1, 0.15) is 5.82 Å². The van der Waals surface area contributed by atoms with Crippen LogP contribution >= 0.6 is 0 Å². The molecule has 0 amide bonds. The van der Waals surface area contributed by atoms with Gasteiger partial charge in [0.15, 0.2) is 0 Å². The molecule has 2 nitrogen and oxygen atoms in total. The highest BCUT2D eigenvalue weighted by Crippen LogP contribution is 2.31. The van der Waals surface area contributed by atoms with Gasteiger partial charge in [-0.1, -0.05) is 52.5 Å². The van der Waals surface area contributed by atoms with Gasteiger partial charge in [-0.05, 0) is 25.0 Å². The van der Waals surface area contributed by atoms with Gasteiger partial charge in [0.05, 0.1) is 11.4 Å². The zero-order chi connectivity index (χ0) is 13.6. The van der Waals surface area contributed by atoms with E-state index in [4.69, 9.17) is 4.98 Å². The lowest BCUT2D eigenvalue weighted by Gasteiger charge is -2.25. The smallest absolute Gasteiger partial charge is 0.113 e. The van der Waals surface area contributed by atoms with Crippen molar-refractivity contribution in [3.63, 3.8) is 0 Å². The molecule has 1 heterocycles. The second kappa shape index (κ2) is 6.39. The number of hydrogen-bond acceptors (Lipinski definition) is 1. The van der Waals surface area contributed by atoms with Crippen LogP contribution in [-0.2, 0) is 5.41 Å². The minimum atomic E-state index is 0.118. The maximum absolute atomic E-state index is 4.72. The summed E-state index contributed by atoms with van der Waals surface area (Å²) in [6.07, 6.45) is 10.8. The Hall–Kier alpha value is -1.57. The minimum absolute atomic E-state index is 0.118. The van der Waals surface area contributed by atoms with E-state index >= 15 is 0 Å².